The molecule has 0 atom stereocenters. The van der Waals surface area contributed by atoms with Crippen molar-refractivity contribution in [2.75, 3.05) is 0 Å². The zero-order chi connectivity index (χ0) is 42.3. The summed E-state index contributed by atoms with van der Waals surface area (Å²) in [5.74, 6) is 0. The predicted octanol–water partition coefficient (Wildman–Crippen LogP) is 18.4. The van der Waals surface area contributed by atoms with Crippen molar-refractivity contribution < 1.29 is 4.42 Å². The number of rotatable bonds is 4. The third-order valence-corrected chi connectivity index (χ3v) is 14.5. The Balaban J connectivity index is 0.996. The Labute approximate surface area is 373 Å². The third-order valence-electron chi connectivity index (χ3n) is 14.5. The number of hydrogen-bond donors (Lipinski definition) is 0. The lowest BCUT2D eigenvalue weighted by atomic mass is 9.85. The normalized spacial score (nSPS) is 12.3. The lowest BCUT2D eigenvalue weighted by Gasteiger charge is -2.17. The highest BCUT2D eigenvalue weighted by atomic mass is 16.3. The Morgan fingerprint density at radius 3 is 1.22 bits per heavy atom. The molecule has 14 aromatic carbocycles. The van der Waals surface area contributed by atoms with Crippen molar-refractivity contribution in [3.63, 3.8) is 0 Å². The first-order valence-corrected chi connectivity index (χ1v) is 22.6. The average molecular weight is 821 g/mol. The topological polar surface area (TPSA) is 13.1 Å². The van der Waals surface area contributed by atoms with Crippen LogP contribution in [0.4, 0.5) is 0 Å². The maximum atomic E-state index is 7.25. The smallest absolute Gasteiger partial charge is 0.144 e. The van der Waals surface area contributed by atoms with E-state index >= 15 is 0 Å². The highest BCUT2D eigenvalue weighted by molar-refractivity contribution is 6.30. The molecule has 15 rings (SSSR count). The Kier molecular flexibility index (Phi) is 7.01. The maximum absolute atomic E-state index is 7.25. The van der Waals surface area contributed by atoms with Crippen molar-refractivity contribution in [3.05, 3.63) is 218 Å². The minimum atomic E-state index is 0.891. The molecule has 0 bridgehead atoms. The molecule has 0 saturated heterocycles. The van der Waals surface area contributed by atoms with E-state index in [-0.39, 0.29) is 0 Å². The Bertz CT molecular complexity index is 4440. The maximum Gasteiger partial charge on any atom is 0.144 e. The summed E-state index contributed by atoms with van der Waals surface area (Å²) in [5.41, 5.74) is 11.2. The molecular weight excluding hydrogens is 785 g/mol. The van der Waals surface area contributed by atoms with Gasteiger partial charge < -0.3 is 4.42 Å². The minimum Gasteiger partial charge on any atom is -0.455 e. The molecule has 1 aromatic heterocycles. The van der Waals surface area contributed by atoms with Gasteiger partial charge in [-0.1, -0.05) is 194 Å². The summed E-state index contributed by atoms with van der Waals surface area (Å²) < 4.78 is 7.25. The standard InChI is InChI=1S/C64H36O/c1-2-10-44-36-56-55(35-43(44)9-1)63-61(47-17-7-15-45(33-47)49-29-25-41-23-21-37-11-5-13-39-27-31-53(49)59(41)57(37)39)51-19-3-4-20-52(51)62(64(63)65-56)48-18-8-16-46(34-48)50-30-26-42-24-22-38-12-6-14-40-28-32-54(50)60(42)58(38)40/h1-36H. The zero-order valence-electron chi connectivity index (χ0n) is 35.2. The first kappa shape index (κ1) is 35.0. The summed E-state index contributed by atoms with van der Waals surface area (Å²) in [5, 5.41) is 22.5. The Hall–Kier alpha value is -8.52. The fourth-order valence-electron chi connectivity index (χ4n) is 11.6. The molecule has 1 nitrogen and oxygen atoms in total. The number of furan rings is 1. The molecule has 0 saturated carbocycles. The van der Waals surface area contributed by atoms with Crippen LogP contribution in [0.25, 0.3) is 153 Å². The molecular formula is C64H36O. The van der Waals surface area contributed by atoms with E-state index in [1.807, 2.05) is 0 Å². The molecule has 0 aliphatic carbocycles. The van der Waals surface area contributed by atoms with E-state index in [2.05, 4.69) is 218 Å². The van der Waals surface area contributed by atoms with Crippen LogP contribution in [0.5, 0.6) is 0 Å². The lowest BCUT2D eigenvalue weighted by molar-refractivity contribution is 0.671. The van der Waals surface area contributed by atoms with Crippen molar-refractivity contribution in [2.24, 2.45) is 0 Å². The monoisotopic (exact) mass is 820 g/mol. The van der Waals surface area contributed by atoms with Gasteiger partial charge in [0.05, 0.1) is 0 Å². The molecule has 298 valence electrons. The van der Waals surface area contributed by atoms with Gasteiger partial charge in [-0.2, -0.15) is 0 Å². The summed E-state index contributed by atoms with van der Waals surface area (Å²) >= 11 is 0. The molecule has 0 amide bonds. The van der Waals surface area contributed by atoms with Crippen LogP contribution in [0.15, 0.2) is 223 Å². The van der Waals surface area contributed by atoms with Crippen LogP contribution in [-0.4, -0.2) is 0 Å². The van der Waals surface area contributed by atoms with Crippen LogP contribution in [0.3, 0.4) is 0 Å². The minimum absolute atomic E-state index is 0.891. The van der Waals surface area contributed by atoms with Gasteiger partial charge in [-0.25, -0.2) is 0 Å². The molecule has 0 spiro atoms. The molecule has 0 aliphatic heterocycles. The van der Waals surface area contributed by atoms with E-state index in [1.165, 1.54) is 120 Å². The predicted molar refractivity (Wildman–Crippen MR) is 278 cm³/mol. The molecule has 0 radical (unpaired) electrons. The SMILES string of the molecule is c1cc(-c2ccc3ccc4cccc5ccc2c3c45)cc(-c2c3ccccc3c(-c3cccc(-c4ccc5ccc6cccc7ccc4c5c67)c3)c3c2oc2cc4ccccc4cc23)c1. The Morgan fingerprint density at radius 1 is 0.231 bits per heavy atom. The molecule has 0 fully saturated rings. The van der Waals surface area contributed by atoms with Crippen LogP contribution in [-0.2, 0) is 0 Å². The van der Waals surface area contributed by atoms with Gasteiger partial charge in [0.1, 0.15) is 11.2 Å². The van der Waals surface area contributed by atoms with Crippen molar-refractivity contribution in [1.29, 1.82) is 0 Å². The number of benzene rings is 14. The molecule has 1 heterocycles. The zero-order valence-corrected chi connectivity index (χ0v) is 35.2. The molecule has 65 heavy (non-hydrogen) atoms. The van der Waals surface area contributed by atoms with Gasteiger partial charge in [-0.05, 0) is 144 Å². The third kappa shape index (κ3) is 4.93. The highest BCUT2D eigenvalue weighted by Gasteiger charge is 2.24. The summed E-state index contributed by atoms with van der Waals surface area (Å²) in [6, 6.07) is 81.1. The van der Waals surface area contributed by atoms with Crippen molar-refractivity contribution in [3.8, 4) is 44.5 Å². The fourth-order valence-corrected chi connectivity index (χ4v) is 11.6. The number of fused-ring (bicyclic) bond motifs is 5. The van der Waals surface area contributed by atoms with Crippen LogP contribution in [0, 0.1) is 0 Å². The molecule has 1 heteroatoms. The second-order valence-corrected chi connectivity index (χ2v) is 17.9. The van der Waals surface area contributed by atoms with Gasteiger partial charge in [-0.15, -0.1) is 0 Å². The first-order chi connectivity index (χ1) is 32.2. The summed E-state index contributed by atoms with van der Waals surface area (Å²) in [6.45, 7) is 0. The Morgan fingerprint density at radius 2 is 0.646 bits per heavy atom. The van der Waals surface area contributed by atoms with E-state index in [9.17, 15) is 0 Å². The van der Waals surface area contributed by atoms with Gasteiger partial charge >= 0.3 is 0 Å². The van der Waals surface area contributed by atoms with Gasteiger partial charge in [0, 0.05) is 21.9 Å². The van der Waals surface area contributed by atoms with E-state index < -0.39 is 0 Å². The lowest BCUT2D eigenvalue weighted by Crippen LogP contribution is -1.91. The van der Waals surface area contributed by atoms with Crippen molar-refractivity contribution >= 4 is 108 Å². The van der Waals surface area contributed by atoms with Gasteiger partial charge in [0.25, 0.3) is 0 Å². The second-order valence-electron chi connectivity index (χ2n) is 17.9. The van der Waals surface area contributed by atoms with Crippen LogP contribution < -0.4 is 0 Å². The first-order valence-electron chi connectivity index (χ1n) is 22.6. The second kappa shape index (κ2) is 13.0. The van der Waals surface area contributed by atoms with Crippen molar-refractivity contribution in [1.82, 2.24) is 0 Å². The van der Waals surface area contributed by atoms with Crippen LogP contribution in [0.1, 0.15) is 0 Å². The molecule has 0 aliphatic rings. The van der Waals surface area contributed by atoms with Gasteiger partial charge in [-0.3, -0.25) is 0 Å². The van der Waals surface area contributed by atoms with Crippen LogP contribution >= 0.6 is 0 Å². The van der Waals surface area contributed by atoms with E-state index in [4.69, 9.17) is 4.42 Å². The summed E-state index contributed by atoms with van der Waals surface area (Å²) in [4.78, 5) is 0. The van der Waals surface area contributed by atoms with Crippen molar-refractivity contribution in [2.45, 2.75) is 0 Å². The largest absolute Gasteiger partial charge is 0.455 e. The fraction of sp³-hybridized carbons (Fsp3) is 0. The molecule has 0 N–H and O–H groups in total. The average Bonchev–Trinajstić information content (AvgIpc) is 3.73. The highest BCUT2D eigenvalue weighted by Crippen LogP contribution is 2.50. The van der Waals surface area contributed by atoms with Gasteiger partial charge in [0.15, 0.2) is 0 Å². The van der Waals surface area contributed by atoms with E-state index in [0.29, 0.717) is 0 Å². The molecule has 15 aromatic rings. The van der Waals surface area contributed by atoms with Crippen LogP contribution in [0.2, 0.25) is 0 Å². The summed E-state index contributed by atoms with van der Waals surface area (Å²) in [7, 11) is 0. The number of hydrogen-bond acceptors (Lipinski definition) is 1. The molecule has 0 unspecified atom stereocenters. The van der Waals surface area contributed by atoms with E-state index in [1.54, 1.807) is 0 Å². The van der Waals surface area contributed by atoms with Gasteiger partial charge in [0.2, 0.25) is 0 Å². The quantitative estimate of drug-likeness (QED) is 0.161. The van der Waals surface area contributed by atoms with E-state index in [0.717, 1.165) is 33.1 Å². The summed E-state index contributed by atoms with van der Waals surface area (Å²) in [6.07, 6.45) is 0.